The number of halogens is 1. The van der Waals surface area contributed by atoms with E-state index in [-0.39, 0.29) is 0 Å². The summed E-state index contributed by atoms with van der Waals surface area (Å²) in [6.07, 6.45) is 5.07. The Morgan fingerprint density at radius 1 is 1.20 bits per heavy atom. The average molecular weight is 290 g/mol. The molecular formula is C17H20ClNO. The number of alkyl halides is 1. The Labute approximate surface area is 125 Å². The third-order valence-corrected chi connectivity index (χ3v) is 4.46. The molecule has 0 N–H and O–H groups in total. The molecule has 20 heavy (non-hydrogen) atoms. The molecule has 1 fully saturated rings. The van der Waals surface area contributed by atoms with Crippen LogP contribution in [0, 0.1) is 5.92 Å². The lowest BCUT2D eigenvalue weighted by Gasteiger charge is -2.26. The van der Waals surface area contributed by atoms with Crippen LogP contribution in [-0.4, -0.2) is 11.1 Å². The number of para-hydroxylation sites is 1. The van der Waals surface area contributed by atoms with E-state index in [1.54, 1.807) is 0 Å². The zero-order valence-electron chi connectivity index (χ0n) is 11.8. The highest BCUT2D eigenvalue weighted by Crippen LogP contribution is 2.29. The van der Waals surface area contributed by atoms with Gasteiger partial charge in [0, 0.05) is 17.3 Å². The molecule has 0 radical (unpaired) electrons. The van der Waals surface area contributed by atoms with Crippen LogP contribution < -0.4 is 4.74 Å². The second kappa shape index (κ2) is 6.01. The van der Waals surface area contributed by atoms with Gasteiger partial charge in [-0.3, -0.25) is 0 Å². The standard InChI is InChI=1S/C17H20ClNO/c1-12-6-8-14(9-7-12)20-17-10-13(11-18)15-4-2-3-5-16(15)19-17/h2-5,10,12,14H,6-9,11H2,1H3. The zero-order valence-corrected chi connectivity index (χ0v) is 12.6. The molecule has 2 aromatic rings. The fraction of sp³-hybridized carbons (Fsp3) is 0.471. The third-order valence-electron chi connectivity index (χ3n) is 4.17. The van der Waals surface area contributed by atoms with Gasteiger partial charge in [-0.2, -0.15) is 0 Å². The molecular weight excluding hydrogens is 270 g/mol. The summed E-state index contributed by atoms with van der Waals surface area (Å²) in [6.45, 7) is 2.32. The molecule has 1 aliphatic rings. The highest BCUT2D eigenvalue weighted by molar-refractivity contribution is 6.18. The molecule has 0 bridgehead atoms. The summed E-state index contributed by atoms with van der Waals surface area (Å²) < 4.78 is 6.08. The van der Waals surface area contributed by atoms with Crippen LogP contribution in [0.25, 0.3) is 10.9 Å². The minimum Gasteiger partial charge on any atom is -0.474 e. The molecule has 0 amide bonds. The SMILES string of the molecule is CC1CCC(Oc2cc(CCl)c3ccccc3n2)CC1. The smallest absolute Gasteiger partial charge is 0.214 e. The van der Waals surface area contributed by atoms with Gasteiger partial charge in [-0.15, -0.1) is 11.6 Å². The van der Waals surface area contributed by atoms with Crippen LogP contribution in [0.15, 0.2) is 30.3 Å². The van der Waals surface area contributed by atoms with Gasteiger partial charge in [0.1, 0.15) is 6.10 Å². The number of ether oxygens (including phenoxy) is 1. The van der Waals surface area contributed by atoms with Crippen molar-refractivity contribution in [3.05, 3.63) is 35.9 Å². The van der Waals surface area contributed by atoms with Crippen molar-refractivity contribution in [2.45, 2.75) is 44.6 Å². The molecule has 1 heterocycles. The van der Waals surface area contributed by atoms with E-state index in [9.17, 15) is 0 Å². The lowest BCUT2D eigenvalue weighted by molar-refractivity contribution is 0.130. The topological polar surface area (TPSA) is 22.1 Å². The maximum absolute atomic E-state index is 6.08. The number of rotatable bonds is 3. The highest BCUT2D eigenvalue weighted by atomic mass is 35.5. The normalized spacial score (nSPS) is 22.9. The molecule has 106 valence electrons. The number of nitrogens with zero attached hydrogens (tertiary/aromatic N) is 1. The Bertz CT molecular complexity index is 591. The molecule has 0 unspecified atom stereocenters. The van der Waals surface area contributed by atoms with Crippen molar-refractivity contribution in [1.82, 2.24) is 4.98 Å². The Hall–Kier alpha value is -1.28. The van der Waals surface area contributed by atoms with Gasteiger partial charge >= 0.3 is 0 Å². The van der Waals surface area contributed by atoms with Crippen LogP contribution in [0.2, 0.25) is 0 Å². The van der Waals surface area contributed by atoms with Crippen molar-refractivity contribution in [3.63, 3.8) is 0 Å². The van der Waals surface area contributed by atoms with Crippen LogP contribution in [0.1, 0.15) is 38.2 Å². The number of hydrogen-bond acceptors (Lipinski definition) is 2. The fourth-order valence-corrected chi connectivity index (χ4v) is 3.13. The van der Waals surface area contributed by atoms with Crippen LogP contribution in [0.4, 0.5) is 0 Å². The predicted octanol–water partition coefficient (Wildman–Crippen LogP) is 4.93. The van der Waals surface area contributed by atoms with Crippen LogP contribution >= 0.6 is 11.6 Å². The number of aromatic nitrogens is 1. The van der Waals surface area contributed by atoms with E-state index in [0.717, 1.165) is 41.1 Å². The molecule has 3 heteroatoms. The van der Waals surface area contributed by atoms with Crippen molar-refractivity contribution in [1.29, 1.82) is 0 Å². The number of benzene rings is 1. The molecule has 2 nitrogen and oxygen atoms in total. The molecule has 1 saturated carbocycles. The summed E-state index contributed by atoms with van der Waals surface area (Å²) in [7, 11) is 0. The first-order valence-electron chi connectivity index (χ1n) is 7.37. The van der Waals surface area contributed by atoms with Gasteiger partial charge in [-0.25, -0.2) is 4.98 Å². The fourth-order valence-electron chi connectivity index (χ4n) is 2.91. The van der Waals surface area contributed by atoms with Gasteiger partial charge in [0.15, 0.2) is 0 Å². The minimum atomic E-state index is 0.308. The monoisotopic (exact) mass is 289 g/mol. The van der Waals surface area contributed by atoms with Gasteiger partial charge in [0.2, 0.25) is 5.88 Å². The van der Waals surface area contributed by atoms with E-state index in [4.69, 9.17) is 16.3 Å². The Kier molecular flexibility index (Phi) is 4.11. The second-order valence-corrected chi connectivity index (χ2v) is 6.04. The lowest BCUT2D eigenvalue weighted by Crippen LogP contribution is -2.23. The first kappa shape index (κ1) is 13.7. The van der Waals surface area contributed by atoms with Gasteiger partial charge in [0.05, 0.1) is 5.52 Å². The van der Waals surface area contributed by atoms with Crippen LogP contribution in [-0.2, 0) is 5.88 Å². The van der Waals surface area contributed by atoms with Crippen molar-refractivity contribution in [2.24, 2.45) is 5.92 Å². The molecule has 0 spiro atoms. The van der Waals surface area contributed by atoms with E-state index in [0.29, 0.717) is 12.0 Å². The maximum atomic E-state index is 6.08. The van der Waals surface area contributed by atoms with Crippen LogP contribution in [0.3, 0.4) is 0 Å². The Morgan fingerprint density at radius 2 is 1.95 bits per heavy atom. The summed E-state index contributed by atoms with van der Waals surface area (Å²) in [5.41, 5.74) is 2.06. The van der Waals surface area contributed by atoms with Crippen molar-refractivity contribution < 1.29 is 4.74 Å². The van der Waals surface area contributed by atoms with Gasteiger partial charge < -0.3 is 4.74 Å². The number of hydrogen-bond donors (Lipinski definition) is 0. The van der Waals surface area contributed by atoms with E-state index in [2.05, 4.69) is 18.0 Å². The Morgan fingerprint density at radius 3 is 2.70 bits per heavy atom. The van der Waals surface area contributed by atoms with E-state index in [1.807, 2.05) is 24.3 Å². The van der Waals surface area contributed by atoms with Gasteiger partial charge in [-0.1, -0.05) is 25.1 Å². The quantitative estimate of drug-likeness (QED) is 0.747. The zero-order chi connectivity index (χ0) is 13.9. The van der Waals surface area contributed by atoms with E-state index < -0.39 is 0 Å². The first-order chi connectivity index (χ1) is 9.76. The second-order valence-electron chi connectivity index (χ2n) is 5.77. The minimum absolute atomic E-state index is 0.308. The molecule has 0 saturated heterocycles. The number of pyridine rings is 1. The summed E-state index contributed by atoms with van der Waals surface area (Å²) in [6, 6.07) is 10.1. The van der Waals surface area contributed by atoms with Crippen LogP contribution in [0.5, 0.6) is 5.88 Å². The van der Waals surface area contributed by atoms with Crippen molar-refractivity contribution in [3.8, 4) is 5.88 Å². The predicted molar refractivity (Wildman–Crippen MR) is 83.3 cm³/mol. The molecule has 1 aromatic heterocycles. The molecule has 3 rings (SSSR count). The van der Waals surface area contributed by atoms with Crippen molar-refractivity contribution >= 4 is 22.5 Å². The van der Waals surface area contributed by atoms with Gasteiger partial charge in [-0.05, 0) is 43.2 Å². The molecule has 1 aliphatic carbocycles. The summed E-state index contributed by atoms with van der Waals surface area (Å²) >= 11 is 6.06. The average Bonchev–Trinajstić information content (AvgIpc) is 2.49. The summed E-state index contributed by atoms with van der Waals surface area (Å²) in [5, 5.41) is 1.12. The Balaban J connectivity index is 1.84. The van der Waals surface area contributed by atoms with Crippen molar-refractivity contribution in [2.75, 3.05) is 0 Å². The van der Waals surface area contributed by atoms with E-state index in [1.165, 1.54) is 12.8 Å². The molecule has 0 aliphatic heterocycles. The summed E-state index contributed by atoms with van der Waals surface area (Å²) in [4.78, 5) is 4.62. The lowest BCUT2D eigenvalue weighted by atomic mass is 9.89. The summed E-state index contributed by atoms with van der Waals surface area (Å²) in [5.74, 6) is 2.04. The number of fused-ring (bicyclic) bond motifs is 1. The maximum Gasteiger partial charge on any atom is 0.214 e. The highest BCUT2D eigenvalue weighted by Gasteiger charge is 2.20. The first-order valence-corrected chi connectivity index (χ1v) is 7.91. The van der Waals surface area contributed by atoms with E-state index >= 15 is 0 Å². The third kappa shape index (κ3) is 2.90. The molecule has 1 aromatic carbocycles. The molecule has 0 atom stereocenters. The largest absolute Gasteiger partial charge is 0.474 e. The van der Waals surface area contributed by atoms with Gasteiger partial charge in [0.25, 0.3) is 0 Å².